The summed E-state index contributed by atoms with van der Waals surface area (Å²) < 4.78 is 51.7. The van der Waals surface area contributed by atoms with Crippen molar-refractivity contribution in [3.63, 3.8) is 0 Å². The third-order valence-electron chi connectivity index (χ3n) is 6.14. The fourth-order valence-electron chi connectivity index (χ4n) is 4.63. The molecule has 1 aliphatic rings. The molecule has 0 aliphatic carbocycles. The lowest BCUT2D eigenvalue weighted by molar-refractivity contribution is -0.274. The van der Waals surface area contributed by atoms with E-state index in [1.165, 1.54) is 33.7 Å². The number of halogens is 4. The van der Waals surface area contributed by atoms with Gasteiger partial charge in [0.25, 0.3) is 11.5 Å². The van der Waals surface area contributed by atoms with Gasteiger partial charge in [-0.3, -0.25) is 9.59 Å². The number of imidazole rings is 1. The quantitative estimate of drug-likeness (QED) is 0.420. The highest BCUT2D eigenvalue weighted by Crippen LogP contribution is 2.45. The molecule has 0 spiro atoms. The van der Waals surface area contributed by atoms with Crippen LogP contribution >= 0.6 is 11.6 Å². The summed E-state index contributed by atoms with van der Waals surface area (Å²) in [4.78, 5) is 30.3. The number of aromatic nitrogens is 3. The van der Waals surface area contributed by atoms with Crippen LogP contribution in [-0.2, 0) is 6.54 Å². The number of allylic oxidation sites excluding steroid dienone is 1. The predicted molar refractivity (Wildman–Crippen MR) is 136 cm³/mol. The van der Waals surface area contributed by atoms with Crippen LogP contribution in [0.5, 0.6) is 11.5 Å². The van der Waals surface area contributed by atoms with Crippen LogP contribution < -0.4 is 20.8 Å². The van der Waals surface area contributed by atoms with Crippen molar-refractivity contribution in [1.82, 2.24) is 14.1 Å². The first-order valence-corrected chi connectivity index (χ1v) is 12.2. The molecule has 12 heteroatoms. The molecule has 8 nitrogen and oxygen atoms in total. The maximum atomic E-state index is 13.4. The number of hydrogen-bond donors (Lipinski definition) is 1. The lowest BCUT2D eigenvalue weighted by Crippen LogP contribution is -2.34. The topological polar surface area (TPSA) is 101 Å². The van der Waals surface area contributed by atoms with Gasteiger partial charge in [-0.1, -0.05) is 6.92 Å². The zero-order chi connectivity index (χ0) is 28.0. The van der Waals surface area contributed by atoms with E-state index < -0.39 is 35.1 Å². The van der Waals surface area contributed by atoms with Crippen molar-refractivity contribution >= 4 is 23.1 Å². The Balaban J connectivity index is 1.96. The van der Waals surface area contributed by atoms with Gasteiger partial charge in [0, 0.05) is 30.1 Å². The summed E-state index contributed by atoms with van der Waals surface area (Å²) in [5, 5.41) is 0. The number of alkyl halides is 4. The standard InChI is InChI=1S/C26H26ClF3N4O4/c1-14-12-33(13-32-14)20-10-17(22(23(31)35)34(8-7-27)24(20)36)15(2)19-11-25(3,4)38-21-6-5-16(9-18(19)21)37-26(28,29)30/h5-6,9-13,15H,7-8H2,1-4H3,(H2,31,35). The van der Waals surface area contributed by atoms with E-state index in [1.807, 2.05) is 0 Å². The number of fused-ring (bicyclic) bond motifs is 1. The Labute approximate surface area is 221 Å². The van der Waals surface area contributed by atoms with Crippen molar-refractivity contribution in [2.75, 3.05) is 5.88 Å². The van der Waals surface area contributed by atoms with Crippen molar-refractivity contribution in [1.29, 1.82) is 0 Å². The Hall–Kier alpha value is -3.73. The monoisotopic (exact) mass is 550 g/mol. The Kier molecular flexibility index (Phi) is 7.09. The first kappa shape index (κ1) is 27.3. The van der Waals surface area contributed by atoms with Gasteiger partial charge in [-0.05, 0) is 62.2 Å². The van der Waals surface area contributed by atoms with Gasteiger partial charge >= 0.3 is 6.36 Å². The summed E-state index contributed by atoms with van der Waals surface area (Å²) in [5.74, 6) is -1.51. The van der Waals surface area contributed by atoms with Crippen LogP contribution in [0.4, 0.5) is 13.2 Å². The minimum absolute atomic E-state index is 0.00765. The van der Waals surface area contributed by atoms with E-state index >= 15 is 0 Å². The molecule has 0 radical (unpaired) electrons. The number of hydrogen-bond acceptors (Lipinski definition) is 5. The molecular weight excluding hydrogens is 525 g/mol. The number of rotatable bonds is 7. The molecule has 1 aromatic carbocycles. The third kappa shape index (κ3) is 5.42. The number of primary amides is 1. The van der Waals surface area contributed by atoms with Gasteiger partial charge in [-0.25, -0.2) is 4.98 Å². The molecule has 0 saturated heterocycles. The zero-order valence-electron chi connectivity index (χ0n) is 21.1. The van der Waals surface area contributed by atoms with Crippen LogP contribution in [0.15, 0.2) is 47.7 Å². The second-order valence-electron chi connectivity index (χ2n) is 9.50. The number of pyridine rings is 1. The van der Waals surface area contributed by atoms with Gasteiger partial charge in [-0.15, -0.1) is 24.8 Å². The molecule has 2 aromatic heterocycles. The maximum Gasteiger partial charge on any atom is 0.573 e. The molecule has 1 unspecified atom stereocenters. The predicted octanol–water partition coefficient (Wildman–Crippen LogP) is 4.94. The largest absolute Gasteiger partial charge is 0.573 e. The molecule has 1 amide bonds. The summed E-state index contributed by atoms with van der Waals surface area (Å²) in [6.45, 7) is 7.14. The molecule has 2 N–H and O–H groups in total. The molecule has 1 atom stereocenters. The van der Waals surface area contributed by atoms with E-state index in [-0.39, 0.29) is 23.8 Å². The molecular formula is C26H26ClF3N4O4. The average Bonchev–Trinajstić information content (AvgIpc) is 3.23. The van der Waals surface area contributed by atoms with Crippen molar-refractivity contribution < 1.29 is 27.4 Å². The number of aryl methyl sites for hydroxylation is 1. The minimum Gasteiger partial charge on any atom is -0.483 e. The lowest BCUT2D eigenvalue weighted by atomic mass is 9.82. The van der Waals surface area contributed by atoms with Crippen molar-refractivity contribution in [2.24, 2.45) is 5.73 Å². The number of carbonyl (C=O) groups excluding carboxylic acids is 1. The lowest BCUT2D eigenvalue weighted by Gasteiger charge is -2.34. The van der Waals surface area contributed by atoms with Crippen LogP contribution in [0.3, 0.4) is 0 Å². The third-order valence-corrected chi connectivity index (χ3v) is 6.30. The first-order valence-electron chi connectivity index (χ1n) is 11.7. The number of carbonyl (C=O) groups is 1. The van der Waals surface area contributed by atoms with Gasteiger partial charge in [0.1, 0.15) is 28.5 Å². The summed E-state index contributed by atoms with van der Waals surface area (Å²) in [7, 11) is 0. The summed E-state index contributed by atoms with van der Waals surface area (Å²) in [6.07, 6.45) is 0.0160. The van der Waals surface area contributed by atoms with E-state index in [4.69, 9.17) is 22.1 Å². The number of amides is 1. The van der Waals surface area contributed by atoms with E-state index in [1.54, 1.807) is 46.0 Å². The number of nitrogens with zero attached hydrogens (tertiary/aromatic N) is 3. The Morgan fingerprint density at radius 2 is 2.00 bits per heavy atom. The maximum absolute atomic E-state index is 13.4. The molecule has 1 aliphatic heterocycles. The molecule has 0 saturated carbocycles. The van der Waals surface area contributed by atoms with Crippen LogP contribution in [0.25, 0.3) is 11.3 Å². The summed E-state index contributed by atoms with van der Waals surface area (Å²) >= 11 is 5.98. The van der Waals surface area contributed by atoms with E-state index in [9.17, 15) is 22.8 Å². The van der Waals surface area contributed by atoms with Gasteiger partial charge < -0.3 is 24.3 Å². The Morgan fingerprint density at radius 3 is 2.58 bits per heavy atom. The number of benzene rings is 1. The molecule has 4 rings (SSSR count). The van der Waals surface area contributed by atoms with Crippen molar-refractivity contribution in [3.8, 4) is 17.2 Å². The second-order valence-corrected chi connectivity index (χ2v) is 9.88. The molecule has 3 heterocycles. The number of ether oxygens (including phenoxy) is 2. The Bertz CT molecular complexity index is 1490. The SMILES string of the molecule is Cc1cn(-c2cc(C(C)C3=CC(C)(C)Oc4ccc(OC(F)(F)F)cc43)c(C(N)=O)n(CCCl)c2=O)cn1. The smallest absolute Gasteiger partial charge is 0.483 e. The highest BCUT2D eigenvalue weighted by atomic mass is 35.5. The molecule has 202 valence electrons. The summed E-state index contributed by atoms with van der Waals surface area (Å²) in [6, 6.07) is 5.36. The van der Waals surface area contributed by atoms with Gasteiger partial charge in [-0.2, -0.15) is 0 Å². The van der Waals surface area contributed by atoms with Crippen LogP contribution in [0.2, 0.25) is 0 Å². The fourth-order valence-corrected chi connectivity index (χ4v) is 4.79. The van der Waals surface area contributed by atoms with E-state index in [2.05, 4.69) is 9.72 Å². The molecule has 38 heavy (non-hydrogen) atoms. The van der Waals surface area contributed by atoms with E-state index in [0.717, 1.165) is 0 Å². The van der Waals surface area contributed by atoms with Crippen molar-refractivity contribution in [2.45, 2.75) is 52.1 Å². The van der Waals surface area contributed by atoms with Crippen molar-refractivity contribution in [3.05, 3.63) is 75.7 Å². The normalized spacial score (nSPS) is 15.3. The average molecular weight is 551 g/mol. The second kappa shape index (κ2) is 9.86. The number of nitrogens with two attached hydrogens (primary N) is 1. The van der Waals surface area contributed by atoms with E-state index in [0.29, 0.717) is 28.1 Å². The zero-order valence-corrected chi connectivity index (χ0v) is 21.9. The molecule has 3 aromatic rings. The van der Waals surface area contributed by atoms with Gasteiger partial charge in [0.05, 0.1) is 12.0 Å². The molecule has 0 fully saturated rings. The van der Waals surface area contributed by atoms with Gasteiger partial charge in [0.15, 0.2) is 0 Å². The summed E-state index contributed by atoms with van der Waals surface area (Å²) in [5.41, 5.74) is 6.59. The molecule has 0 bridgehead atoms. The van der Waals surface area contributed by atoms with Crippen LogP contribution in [0.1, 0.15) is 54.0 Å². The highest BCUT2D eigenvalue weighted by Gasteiger charge is 2.35. The fraction of sp³-hybridized carbons (Fsp3) is 0.346. The first-order chi connectivity index (χ1) is 17.7. The minimum atomic E-state index is -4.88. The highest BCUT2D eigenvalue weighted by molar-refractivity contribution is 6.17. The van der Waals surface area contributed by atoms with Gasteiger partial charge in [0.2, 0.25) is 0 Å². The van der Waals surface area contributed by atoms with Crippen LogP contribution in [0, 0.1) is 6.92 Å². The van der Waals surface area contributed by atoms with Crippen LogP contribution in [-0.4, -0.2) is 37.9 Å². The Morgan fingerprint density at radius 1 is 1.29 bits per heavy atom.